The summed E-state index contributed by atoms with van der Waals surface area (Å²) >= 11 is 11.6. The normalized spacial score (nSPS) is 9.71. The Hall–Kier alpha value is -1.24. The molecule has 90 valence electrons. The molecular formula is C12H12Cl2N2O. The summed E-state index contributed by atoms with van der Waals surface area (Å²) in [5, 5.41) is 11.9. The van der Waals surface area contributed by atoms with Crippen molar-refractivity contribution in [1.29, 1.82) is 5.26 Å². The van der Waals surface area contributed by atoms with E-state index < -0.39 is 0 Å². The first-order valence-corrected chi connectivity index (χ1v) is 6.01. The van der Waals surface area contributed by atoms with E-state index in [1.54, 1.807) is 12.1 Å². The fraction of sp³-hybridized carbons (Fsp3) is 0.333. The molecule has 17 heavy (non-hydrogen) atoms. The van der Waals surface area contributed by atoms with Crippen LogP contribution in [0.5, 0.6) is 0 Å². The molecule has 1 N–H and O–H groups in total. The fourth-order valence-electron chi connectivity index (χ4n) is 1.27. The summed E-state index contributed by atoms with van der Waals surface area (Å²) in [4.78, 5) is 11.7. The molecule has 5 heteroatoms. The van der Waals surface area contributed by atoms with Crippen LogP contribution in [0.25, 0.3) is 0 Å². The molecule has 0 bridgehead atoms. The van der Waals surface area contributed by atoms with Crippen LogP contribution in [0.4, 0.5) is 0 Å². The number of nitriles is 1. The molecular weight excluding hydrogens is 259 g/mol. The van der Waals surface area contributed by atoms with Crippen molar-refractivity contribution >= 4 is 29.1 Å². The van der Waals surface area contributed by atoms with Gasteiger partial charge >= 0.3 is 0 Å². The molecule has 0 aromatic heterocycles. The van der Waals surface area contributed by atoms with Gasteiger partial charge < -0.3 is 5.32 Å². The summed E-state index contributed by atoms with van der Waals surface area (Å²) in [7, 11) is 0. The number of hydrogen-bond donors (Lipinski definition) is 1. The van der Waals surface area contributed by atoms with E-state index >= 15 is 0 Å². The molecule has 0 heterocycles. The average molecular weight is 271 g/mol. The molecule has 1 rings (SSSR count). The number of amides is 1. The minimum absolute atomic E-state index is 0.180. The highest BCUT2D eigenvalue weighted by Gasteiger charge is 2.06. The Kier molecular flexibility index (Phi) is 5.82. The van der Waals surface area contributed by atoms with E-state index in [2.05, 4.69) is 11.4 Å². The molecule has 0 saturated heterocycles. The van der Waals surface area contributed by atoms with Crippen molar-refractivity contribution in [3.8, 4) is 6.07 Å². The lowest BCUT2D eigenvalue weighted by Crippen LogP contribution is -2.24. The Balaban J connectivity index is 2.42. The highest BCUT2D eigenvalue weighted by molar-refractivity contribution is 6.42. The van der Waals surface area contributed by atoms with Crippen LogP contribution in [0.1, 0.15) is 29.6 Å². The van der Waals surface area contributed by atoms with Crippen LogP contribution in [-0.4, -0.2) is 12.5 Å². The molecule has 0 atom stereocenters. The number of unbranched alkanes of at least 4 members (excludes halogenated alkanes) is 2. The van der Waals surface area contributed by atoms with Gasteiger partial charge in [-0.05, 0) is 31.0 Å². The summed E-state index contributed by atoms with van der Waals surface area (Å²) in [6, 6.07) is 6.81. The van der Waals surface area contributed by atoms with E-state index in [0.29, 0.717) is 28.6 Å². The molecule has 0 saturated carbocycles. The number of carbonyl (C=O) groups excluding carboxylic acids is 1. The number of hydrogen-bond acceptors (Lipinski definition) is 2. The maximum absolute atomic E-state index is 11.7. The number of halogens is 2. The zero-order valence-electron chi connectivity index (χ0n) is 9.17. The predicted molar refractivity (Wildman–Crippen MR) is 68.3 cm³/mol. The second kappa shape index (κ2) is 7.16. The smallest absolute Gasteiger partial charge is 0.251 e. The van der Waals surface area contributed by atoms with Gasteiger partial charge in [0.25, 0.3) is 5.91 Å². The highest BCUT2D eigenvalue weighted by Crippen LogP contribution is 2.22. The van der Waals surface area contributed by atoms with E-state index in [-0.39, 0.29) is 5.91 Å². The van der Waals surface area contributed by atoms with Crippen LogP contribution in [0.15, 0.2) is 18.2 Å². The number of rotatable bonds is 5. The topological polar surface area (TPSA) is 52.9 Å². The van der Waals surface area contributed by atoms with Crippen molar-refractivity contribution in [1.82, 2.24) is 5.32 Å². The second-order valence-electron chi connectivity index (χ2n) is 3.50. The minimum Gasteiger partial charge on any atom is -0.352 e. The molecule has 0 radical (unpaired) electrons. The van der Waals surface area contributed by atoms with Crippen molar-refractivity contribution in [2.45, 2.75) is 19.3 Å². The molecule has 0 aliphatic rings. The Labute approximate surface area is 110 Å². The van der Waals surface area contributed by atoms with E-state index in [4.69, 9.17) is 28.5 Å². The zero-order chi connectivity index (χ0) is 12.7. The highest BCUT2D eigenvalue weighted by atomic mass is 35.5. The Morgan fingerprint density at radius 2 is 2.06 bits per heavy atom. The number of carbonyl (C=O) groups is 1. The molecule has 0 spiro atoms. The van der Waals surface area contributed by atoms with Gasteiger partial charge in [-0.3, -0.25) is 4.79 Å². The van der Waals surface area contributed by atoms with Crippen LogP contribution in [0.3, 0.4) is 0 Å². The largest absolute Gasteiger partial charge is 0.352 e. The quantitative estimate of drug-likeness (QED) is 0.834. The van der Waals surface area contributed by atoms with Crippen LogP contribution in [-0.2, 0) is 0 Å². The van der Waals surface area contributed by atoms with Crippen LogP contribution in [0.2, 0.25) is 10.0 Å². The number of benzene rings is 1. The third kappa shape index (κ3) is 4.64. The summed E-state index contributed by atoms with van der Waals surface area (Å²) in [6.07, 6.45) is 2.10. The molecule has 0 fully saturated rings. The first-order chi connectivity index (χ1) is 8.15. The van der Waals surface area contributed by atoms with Crippen molar-refractivity contribution in [2.75, 3.05) is 6.54 Å². The van der Waals surface area contributed by atoms with Gasteiger partial charge in [0.2, 0.25) is 0 Å². The van der Waals surface area contributed by atoms with Crippen LogP contribution < -0.4 is 5.32 Å². The first-order valence-electron chi connectivity index (χ1n) is 5.25. The van der Waals surface area contributed by atoms with E-state index in [1.807, 2.05) is 0 Å². The maximum atomic E-state index is 11.7. The van der Waals surface area contributed by atoms with E-state index in [1.165, 1.54) is 6.07 Å². The van der Waals surface area contributed by atoms with Crippen molar-refractivity contribution in [3.63, 3.8) is 0 Å². The average Bonchev–Trinajstić information content (AvgIpc) is 2.32. The van der Waals surface area contributed by atoms with Crippen LogP contribution in [0, 0.1) is 11.3 Å². The number of nitrogens with zero attached hydrogens (tertiary/aromatic N) is 1. The van der Waals surface area contributed by atoms with Crippen LogP contribution >= 0.6 is 23.2 Å². The lowest BCUT2D eigenvalue weighted by molar-refractivity contribution is 0.0953. The summed E-state index contributed by atoms with van der Waals surface area (Å²) in [5.74, 6) is -0.180. The summed E-state index contributed by atoms with van der Waals surface area (Å²) in [5.41, 5.74) is 0.486. The third-order valence-electron chi connectivity index (χ3n) is 2.18. The molecule has 0 aliphatic carbocycles. The fourth-order valence-corrected chi connectivity index (χ4v) is 1.57. The zero-order valence-corrected chi connectivity index (χ0v) is 10.7. The van der Waals surface area contributed by atoms with E-state index in [9.17, 15) is 4.79 Å². The molecule has 1 aromatic carbocycles. The van der Waals surface area contributed by atoms with Crippen molar-refractivity contribution in [2.24, 2.45) is 0 Å². The van der Waals surface area contributed by atoms with Gasteiger partial charge in [0, 0.05) is 18.5 Å². The first kappa shape index (κ1) is 13.8. The van der Waals surface area contributed by atoms with Crippen molar-refractivity contribution < 1.29 is 4.79 Å². The van der Waals surface area contributed by atoms with Gasteiger partial charge in [0.05, 0.1) is 16.1 Å². The van der Waals surface area contributed by atoms with E-state index in [0.717, 1.165) is 12.8 Å². The maximum Gasteiger partial charge on any atom is 0.251 e. The molecule has 0 aliphatic heterocycles. The van der Waals surface area contributed by atoms with Gasteiger partial charge in [-0.15, -0.1) is 0 Å². The lowest BCUT2D eigenvalue weighted by atomic mass is 10.2. The van der Waals surface area contributed by atoms with Gasteiger partial charge in [-0.1, -0.05) is 23.2 Å². The Bertz CT molecular complexity index is 441. The lowest BCUT2D eigenvalue weighted by Gasteiger charge is -2.05. The molecule has 3 nitrogen and oxygen atoms in total. The molecule has 1 aromatic rings. The Morgan fingerprint density at radius 3 is 2.71 bits per heavy atom. The molecule has 1 amide bonds. The monoisotopic (exact) mass is 270 g/mol. The SMILES string of the molecule is N#CCCCCNC(=O)c1ccc(Cl)c(Cl)c1. The summed E-state index contributed by atoms with van der Waals surface area (Å²) in [6.45, 7) is 0.556. The summed E-state index contributed by atoms with van der Waals surface area (Å²) < 4.78 is 0. The van der Waals surface area contributed by atoms with Gasteiger partial charge in [0.1, 0.15) is 0 Å². The predicted octanol–water partition coefficient (Wildman–Crippen LogP) is 3.42. The third-order valence-corrected chi connectivity index (χ3v) is 2.92. The van der Waals surface area contributed by atoms with Gasteiger partial charge in [-0.25, -0.2) is 0 Å². The molecule has 0 unspecified atom stereocenters. The van der Waals surface area contributed by atoms with Gasteiger partial charge in [-0.2, -0.15) is 5.26 Å². The Morgan fingerprint density at radius 1 is 1.29 bits per heavy atom. The standard InChI is InChI=1S/C12H12Cl2N2O/c13-10-5-4-9(8-11(10)14)12(17)16-7-3-1-2-6-15/h4-5,8H,1-3,7H2,(H,16,17). The van der Waals surface area contributed by atoms with Crippen molar-refractivity contribution in [3.05, 3.63) is 33.8 Å². The minimum atomic E-state index is -0.180. The number of nitrogens with one attached hydrogen (secondary N) is 1. The van der Waals surface area contributed by atoms with Gasteiger partial charge in [0.15, 0.2) is 0 Å². The second-order valence-corrected chi connectivity index (χ2v) is 4.31.